The van der Waals surface area contributed by atoms with Crippen LogP contribution >= 0.6 is 22.6 Å². The monoisotopic (exact) mass is 364 g/mol. The van der Waals surface area contributed by atoms with Crippen molar-refractivity contribution in [1.82, 2.24) is 30.4 Å². The Kier molecular flexibility index (Phi) is 3.36. The Balaban J connectivity index is 0.000000117. The van der Waals surface area contributed by atoms with Crippen LogP contribution in [0, 0.1) is 3.70 Å². The van der Waals surface area contributed by atoms with E-state index in [1.54, 1.807) is 31.0 Å². The Hall–Kier alpha value is -2.03. The number of H-pyrrole nitrogens is 2. The second kappa shape index (κ2) is 5.31. The summed E-state index contributed by atoms with van der Waals surface area (Å²) in [7, 11) is 0. The number of aromatic nitrogens is 6. The Morgan fingerprint density at radius 1 is 0.947 bits per heavy atom. The summed E-state index contributed by atoms with van der Waals surface area (Å²) < 4.78 is 1.06. The van der Waals surface area contributed by atoms with E-state index in [0.29, 0.717) is 0 Å². The van der Waals surface area contributed by atoms with Gasteiger partial charge in [0, 0.05) is 23.2 Å². The molecule has 4 aromatic rings. The molecule has 4 heterocycles. The molecule has 0 aliphatic heterocycles. The highest BCUT2D eigenvalue weighted by Crippen LogP contribution is 2.14. The van der Waals surface area contributed by atoms with Gasteiger partial charge in [-0.05, 0) is 34.7 Å². The van der Waals surface area contributed by atoms with Gasteiger partial charge in [0.25, 0.3) is 0 Å². The average molecular weight is 364 g/mol. The van der Waals surface area contributed by atoms with E-state index in [-0.39, 0.29) is 0 Å². The van der Waals surface area contributed by atoms with Gasteiger partial charge in [-0.3, -0.25) is 20.2 Å². The van der Waals surface area contributed by atoms with Gasteiger partial charge in [-0.1, -0.05) is 0 Å². The Bertz CT molecular complexity index is 776. The zero-order valence-corrected chi connectivity index (χ0v) is 11.9. The van der Waals surface area contributed by atoms with Crippen molar-refractivity contribution in [1.29, 1.82) is 0 Å². The van der Waals surface area contributed by atoms with Crippen LogP contribution < -0.4 is 0 Å². The number of nitrogens with zero attached hydrogens (tertiary/aromatic N) is 4. The topological polar surface area (TPSA) is 83.1 Å². The smallest absolute Gasteiger partial charge is 0.111 e. The first-order chi connectivity index (χ1) is 9.34. The molecule has 19 heavy (non-hydrogen) atoms. The summed E-state index contributed by atoms with van der Waals surface area (Å²) in [5, 5.41) is 15.8. The van der Waals surface area contributed by atoms with Crippen LogP contribution in [0.15, 0.2) is 43.1 Å². The summed E-state index contributed by atoms with van der Waals surface area (Å²) in [4.78, 5) is 7.85. The predicted molar refractivity (Wildman–Crippen MR) is 80.5 cm³/mol. The minimum absolute atomic E-state index is 0.923. The standard InChI is InChI=1S/C6H4IN3.C6H5N3/c7-6-4-1-2-8-3-5(4)9-10-6;1-2-7-4-6-5(1)3-8-9-6/h1-3H,(H,9,10);1-4H,(H,8,9). The molecule has 0 aliphatic carbocycles. The van der Waals surface area contributed by atoms with Gasteiger partial charge in [0.1, 0.15) is 9.22 Å². The minimum Gasteiger partial charge on any atom is -0.276 e. The number of aromatic amines is 2. The summed E-state index contributed by atoms with van der Waals surface area (Å²) >= 11 is 2.21. The van der Waals surface area contributed by atoms with E-state index in [2.05, 4.69) is 53.0 Å². The highest BCUT2D eigenvalue weighted by atomic mass is 127. The van der Waals surface area contributed by atoms with Crippen molar-refractivity contribution in [2.75, 3.05) is 0 Å². The van der Waals surface area contributed by atoms with Crippen LogP contribution in [-0.4, -0.2) is 30.4 Å². The normalized spacial score (nSPS) is 10.4. The maximum atomic E-state index is 4.02. The van der Waals surface area contributed by atoms with Crippen molar-refractivity contribution < 1.29 is 0 Å². The zero-order chi connectivity index (χ0) is 13.1. The van der Waals surface area contributed by atoms with E-state index >= 15 is 0 Å². The summed E-state index contributed by atoms with van der Waals surface area (Å²) in [6.07, 6.45) is 8.78. The molecule has 4 rings (SSSR count). The van der Waals surface area contributed by atoms with E-state index in [1.807, 2.05) is 12.1 Å². The van der Waals surface area contributed by atoms with E-state index in [1.165, 1.54) is 0 Å². The molecule has 0 spiro atoms. The molecular weight excluding hydrogens is 355 g/mol. The molecule has 94 valence electrons. The quantitative estimate of drug-likeness (QED) is 0.470. The van der Waals surface area contributed by atoms with E-state index in [4.69, 9.17) is 0 Å². The summed E-state index contributed by atoms with van der Waals surface area (Å²) in [6.45, 7) is 0. The van der Waals surface area contributed by atoms with Crippen molar-refractivity contribution in [2.45, 2.75) is 0 Å². The molecular formula is C12H9IN6. The number of fused-ring (bicyclic) bond motifs is 2. The molecule has 0 aliphatic rings. The molecule has 0 unspecified atom stereocenters. The number of rotatable bonds is 0. The maximum Gasteiger partial charge on any atom is 0.111 e. The largest absolute Gasteiger partial charge is 0.276 e. The lowest BCUT2D eigenvalue weighted by Gasteiger charge is -1.82. The highest BCUT2D eigenvalue weighted by Gasteiger charge is 1.98. The molecule has 0 bridgehead atoms. The van der Waals surface area contributed by atoms with Gasteiger partial charge in [-0.25, -0.2) is 0 Å². The Morgan fingerprint density at radius 3 is 2.63 bits per heavy atom. The van der Waals surface area contributed by atoms with Gasteiger partial charge in [0.15, 0.2) is 0 Å². The summed E-state index contributed by atoms with van der Waals surface area (Å²) in [5.74, 6) is 0. The number of halogens is 1. The van der Waals surface area contributed by atoms with Gasteiger partial charge in [-0.15, -0.1) is 0 Å². The first-order valence-corrected chi connectivity index (χ1v) is 6.59. The summed E-state index contributed by atoms with van der Waals surface area (Å²) in [5.41, 5.74) is 1.91. The molecule has 4 aromatic heterocycles. The van der Waals surface area contributed by atoms with Crippen molar-refractivity contribution in [3.8, 4) is 0 Å². The van der Waals surface area contributed by atoms with E-state index in [0.717, 1.165) is 25.5 Å². The lowest BCUT2D eigenvalue weighted by molar-refractivity contribution is 1.09. The third-order valence-corrected chi connectivity index (χ3v) is 3.38. The fraction of sp³-hybridized carbons (Fsp3) is 0. The van der Waals surface area contributed by atoms with Gasteiger partial charge in [-0.2, -0.15) is 10.2 Å². The first kappa shape index (κ1) is 12.0. The Labute approximate surface area is 121 Å². The third kappa shape index (κ3) is 2.55. The van der Waals surface area contributed by atoms with Crippen LogP contribution in [0.1, 0.15) is 0 Å². The van der Waals surface area contributed by atoms with Crippen LogP contribution in [0.4, 0.5) is 0 Å². The first-order valence-electron chi connectivity index (χ1n) is 5.51. The highest BCUT2D eigenvalue weighted by molar-refractivity contribution is 14.1. The molecule has 0 saturated carbocycles. The number of hydrogen-bond donors (Lipinski definition) is 2. The van der Waals surface area contributed by atoms with Crippen molar-refractivity contribution in [3.05, 3.63) is 46.8 Å². The van der Waals surface area contributed by atoms with Crippen LogP contribution in [0.3, 0.4) is 0 Å². The number of pyridine rings is 2. The lowest BCUT2D eigenvalue weighted by atomic mass is 10.3. The van der Waals surface area contributed by atoms with Crippen molar-refractivity contribution in [3.63, 3.8) is 0 Å². The van der Waals surface area contributed by atoms with Crippen LogP contribution in [0.2, 0.25) is 0 Å². The molecule has 6 nitrogen and oxygen atoms in total. The van der Waals surface area contributed by atoms with E-state index in [9.17, 15) is 0 Å². The van der Waals surface area contributed by atoms with Crippen LogP contribution in [0.25, 0.3) is 21.8 Å². The van der Waals surface area contributed by atoms with Gasteiger partial charge >= 0.3 is 0 Å². The second-order valence-electron chi connectivity index (χ2n) is 3.76. The zero-order valence-electron chi connectivity index (χ0n) is 9.71. The van der Waals surface area contributed by atoms with Crippen molar-refractivity contribution >= 4 is 44.4 Å². The minimum atomic E-state index is 0.923. The molecule has 0 atom stereocenters. The SMILES string of the molecule is Ic1[nH]nc2cnccc12.c1cc2cn[nH]c2cn1. The Morgan fingerprint density at radius 2 is 1.79 bits per heavy atom. The summed E-state index contributed by atoms with van der Waals surface area (Å²) in [6, 6.07) is 3.86. The molecule has 0 amide bonds. The number of nitrogens with one attached hydrogen (secondary N) is 2. The lowest BCUT2D eigenvalue weighted by Crippen LogP contribution is -1.69. The molecule has 7 heteroatoms. The van der Waals surface area contributed by atoms with Crippen LogP contribution in [0.5, 0.6) is 0 Å². The molecule has 0 radical (unpaired) electrons. The van der Waals surface area contributed by atoms with Crippen molar-refractivity contribution in [2.24, 2.45) is 0 Å². The van der Waals surface area contributed by atoms with Gasteiger partial charge in [0.05, 0.1) is 24.1 Å². The van der Waals surface area contributed by atoms with Gasteiger partial charge < -0.3 is 0 Å². The molecule has 2 N–H and O–H groups in total. The predicted octanol–water partition coefficient (Wildman–Crippen LogP) is 2.52. The second-order valence-corrected chi connectivity index (χ2v) is 4.84. The third-order valence-electron chi connectivity index (χ3n) is 2.55. The maximum absolute atomic E-state index is 4.02. The van der Waals surface area contributed by atoms with E-state index < -0.39 is 0 Å². The number of hydrogen-bond acceptors (Lipinski definition) is 4. The van der Waals surface area contributed by atoms with Crippen LogP contribution in [-0.2, 0) is 0 Å². The fourth-order valence-electron chi connectivity index (χ4n) is 1.61. The molecule has 0 fully saturated rings. The van der Waals surface area contributed by atoms with Gasteiger partial charge in [0.2, 0.25) is 0 Å². The molecule has 0 saturated heterocycles. The fourth-order valence-corrected chi connectivity index (χ4v) is 2.19. The average Bonchev–Trinajstić information content (AvgIpc) is 3.07. The molecule has 0 aromatic carbocycles.